The number of hydrogen-bond acceptors (Lipinski definition) is 4. The van der Waals surface area contributed by atoms with E-state index >= 15 is 0 Å². The van der Waals surface area contributed by atoms with Crippen molar-refractivity contribution in [3.8, 4) is 0 Å². The Kier molecular flexibility index (Phi) is 4.92. The molecule has 2 rings (SSSR count). The average Bonchev–Trinajstić information content (AvgIpc) is 3.26. The number of hydrogen-bond donors (Lipinski definition) is 1. The van der Waals surface area contributed by atoms with E-state index in [1.54, 1.807) is 32.9 Å². The Bertz CT molecular complexity index is 591. The van der Waals surface area contributed by atoms with Crippen LogP contribution in [0.5, 0.6) is 0 Å². The molecule has 126 valence electrons. The lowest BCUT2D eigenvalue weighted by molar-refractivity contribution is 0.0208. The molecular formula is C17H25N3O3. The van der Waals surface area contributed by atoms with E-state index in [1.807, 2.05) is 19.9 Å². The molecular weight excluding hydrogens is 294 g/mol. The minimum atomic E-state index is -0.633. The number of aromatic nitrogens is 1. The molecule has 1 aromatic rings. The van der Waals surface area contributed by atoms with Crippen LogP contribution < -0.4 is 5.43 Å². The van der Waals surface area contributed by atoms with Crippen LogP contribution in [0.1, 0.15) is 56.7 Å². The Morgan fingerprint density at radius 3 is 2.52 bits per heavy atom. The van der Waals surface area contributed by atoms with Crippen LogP contribution in [0.3, 0.4) is 0 Å². The Morgan fingerprint density at radius 1 is 1.35 bits per heavy atom. The molecule has 1 saturated carbocycles. The van der Waals surface area contributed by atoms with Crippen molar-refractivity contribution in [1.29, 1.82) is 0 Å². The van der Waals surface area contributed by atoms with Gasteiger partial charge in [-0.15, -0.1) is 0 Å². The molecule has 6 heteroatoms. The number of pyridine rings is 1. The first kappa shape index (κ1) is 17.2. The van der Waals surface area contributed by atoms with Gasteiger partial charge in [-0.3, -0.25) is 4.79 Å². The van der Waals surface area contributed by atoms with Crippen molar-refractivity contribution in [1.82, 2.24) is 15.4 Å². The molecule has 1 aliphatic carbocycles. The largest absolute Gasteiger partial charge is 0.443 e. The van der Waals surface area contributed by atoms with E-state index in [0.717, 1.165) is 18.5 Å². The summed E-state index contributed by atoms with van der Waals surface area (Å²) in [5, 5.41) is 1.35. The van der Waals surface area contributed by atoms with Crippen molar-refractivity contribution >= 4 is 12.0 Å². The molecule has 2 amide bonds. The average molecular weight is 319 g/mol. The molecule has 23 heavy (non-hydrogen) atoms. The van der Waals surface area contributed by atoms with Gasteiger partial charge in [-0.1, -0.05) is 6.07 Å². The second-order valence-corrected chi connectivity index (χ2v) is 7.03. The molecule has 1 atom stereocenters. The topological polar surface area (TPSA) is 71.5 Å². The molecule has 1 aliphatic rings. The molecule has 0 saturated heterocycles. The molecule has 0 unspecified atom stereocenters. The quantitative estimate of drug-likeness (QED) is 0.869. The summed E-state index contributed by atoms with van der Waals surface area (Å²) in [5.74, 6) is 0.0812. The second kappa shape index (κ2) is 6.56. The number of nitrogens with zero attached hydrogens (tertiary/aromatic N) is 2. The lowest BCUT2D eigenvalue weighted by Crippen LogP contribution is -2.53. The highest BCUT2D eigenvalue weighted by Gasteiger charge is 2.36. The second-order valence-electron chi connectivity index (χ2n) is 7.03. The van der Waals surface area contributed by atoms with Gasteiger partial charge < -0.3 is 4.74 Å². The third-order valence-corrected chi connectivity index (χ3v) is 3.65. The van der Waals surface area contributed by atoms with Crippen molar-refractivity contribution in [3.05, 3.63) is 29.6 Å². The number of rotatable bonds is 3. The van der Waals surface area contributed by atoms with Crippen LogP contribution in [0.2, 0.25) is 0 Å². The lowest BCUT2D eigenvalue weighted by Gasteiger charge is -2.30. The number of carbonyl (C=O) groups excluding carboxylic acids is 2. The highest BCUT2D eigenvalue weighted by molar-refractivity contribution is 5.93. The third-order valence-electron chi connectivity index (χ3n) is 3.65. The Balaban J connectivity index is 2.17. The van der Waals surface area contributed by atoms with Crippen molar-refractivity contribution in [2.75, 3.05) is 0 Å². The number of nitrogens with one attached hydrogen (secondary N) is 1. The van der Waals surface area contributed by atoms with Crippen molar-refractivity contribution in [3.63, 3.8) is 0 Å². The molecule has 6 nitrogen and oxygen atoms in total. The first-order valence-electron chi connectivity index (χ1n) is 7.94. The lowest BCUT2D eigenvalue weighted by atomic mass is 10.2. The summed E-state index contributed by atoms with van der Waals surface area (Å²) in [6, 6.07) is 5.16. The summed E-state index contributed by atoms with van der Waals surface area (Å²) in [6.07, 6.45) is 1.48. The van der Waals surface area contributed by atoms with Gasteiger partial charge in [-0.25, -0.2) is 20.2 Å². The molecule has 0 aliphatic heterocycles. The van der Waals surface area contributed by atoms with E-state index in [1.165, 1.54) is 5.01 Å². The molecule has 1 heterocycles. The maximum Gasteiger partial charge on any atom is 0.426 e. The summed E-state index contributed by atoms with van der Waals surface area (Å²) in [4.78, 5) is 29.1. The Hall–Kier alpha value is -2.11. The molecule has 0 aromatic carbocycles. The summed E-state index contributed by atoms with van der Waals surface area (Å²) in [7, 11) is 0. The number of amides is 2. The van der Waals surface area contributed by atoms with E-state index in [0.29, 0.717) is 11.6 Å². The van der Waals surface area contributed by atoms with Gasteiger partial charge in [0.15, 0.2) is 0 Å². The number of ether oxygens (including phenoxy) is 1. The first-order chi connectivity index (χ1) is 10.7. The summed E-state index contributed by atoms with van der Waals surface area (Å²) < 4.78 is 5.26. The minimum Gasteiger partial charge on any atom is -0.443 e. The van der Waals surface area contributed by atoms with Gasteiger partial charge in [-0.2, -0.15) is 0 Å². The van der Waals surface area contributed by atoms with Gasteiger partial charge in [0.05, 0.1) is 6.04 Å². The fraction of sp³-hybridized carbons (Fsp3) is 0.588. The normalized spacial score (nSPS) is 15.7. The molecule has 0 radical (unpaired) electrons. The maximum absolute atomic E-state index is 12.8. The third kappa shape index (κ3) is 4.94. The molecule has 1 fully saturated rings. The Morgan fingerprint density at radius 2 is 2.00 bits per heavy atom. The van der Waals surface area contributed by atoms with Crippen LogP contribution in [0.4, 0.5) is 4.79 Å². The van der Waals surface area contributed by atoms with Gasteiger partial charge in [0.25, 0.3) is 5.91 Å². The molecule has 1 N–H and O–H groups in total. The summed E-state index contributed by atoms with van der Waals surface area (Å²) in [5.41, 5.74) is 3.04. The van der Waals surface area contributed by atoms with Crippen molar-refractivity contribution < 1.29 is 14.3 Å². The van der Waals surface area contributed by atoms with Crippen molar-refractivity contribution in [2.24, 2.45) is 5.92 Å². The van der Waals surface area contributed by atoms with Crippen LogP contribution in [0.15, 0.2) is 18.2 Å². The zero-order chi connectivity index (χ0) is 17.2. The van der Waals surface area contributed by atoms with Crippen LogP contribution in [-0.2, 0) is 4.74 Å². The highest BCUT2D eigenvalue weighted by atomic mass is 16.6. The standard InChI is InChI=1S/C17H25N3O3/c1-11-7-6-8-14(18-11)15(21)20(12(2)13-9-10-13)19-16(22)23-17(3,4)5/h6-8,12-13H,9-10H2,1-5H3,(H,19,22)/t12-/m0/s1. The van der Waals surface area contributed by atoms with Crippen molar-refractivity contribution in [2.45, 2.75) is 59.1 Å². The van der Waals surface area contributed by atoms with E-state index in [9.17, 15) is 9.59 Å². The zero-order valence-corrected chi connectivity index (χ0v) is 14.4. The summed E-state index contributed by atoms with van der Waals surface area (Å²) in [6.45, 7) is 9.11. The minimum absolute atomic E-state index is 0.0997. The molecule has 0 bridgehead atoms. The van der Waals surface area contributed by atoms with E-state index in [2.05, 4.69) is 10.4 Å². The number of hydrazine groups is 1. The van der Waals surface area contributed by atoms with Crippen LogP contribution in [0.25, 0.3) is 0 Å². The fourth-order valence-corrected chi connectivity index (χ4v) is 2.31. The molecule has 1 aromatic heterocycles. The van der Waals surface area contributed by atoms with Gasteiger partial charge in [0.1, 0.15) is 11.3 Å². The predicted molar refractivity (Wildman–Crippen MR) is 86.7 cm³/mol. The van der Waals surface area contributed by atoms with Crippen LogP contribution in [-0.4, -0.2) is 33.6 Å². The van der Waals surface area contributed by atoms with Crippen LogP contribution >= 0.6 is 0 Å². The van der Waals surface area contributed by atoms with Crippen LogP contribution in [0, 0.1) is 12.8 Å². The number of aryl methyl sites for hydroxylation is 1. The van der Waals surface area contributed by atoms with Gasteiger partial charge in [0.2, 0.25) is 0 Å². The van der Waals surface area contributed by atoms with Gasteiger partial charge in [0, 0.05) is 5.69 Å². The Labute approximate surface area is 137 Å². The van der Waals surface area contributed by atoms with E-state index in [4.69, 9.17) is 4.74 Å². The predicted octanol–water partition coefficient (Wildman–Crippen LogP) is 3.07. The fourth-order valence-electron chi connectivity index (χ4n) is 2.31. The maximum atomic E-state index is 12.8. The monoisotopic (exact) mass is 319 g/mol. The number of carbonyl (C=O) groups is 2. The smallest absolute Gasteiger partial charge is 0.426 e. The van der Waals surface area contributed by atoms with E-state index in [-0.39, 0.29) is 11.9 Å². The highest BCUT2D eigenvalue weighted by Crippen LogP contribution is 2.35. The zero-order valence-electron chi connectivity index (χ0n) is 14.4. The summed E-state index contributed by atoms with van der Waals surface area (Å²) >= 11 is 0. The first-order valence-corrected chi connectivity index (χ1v) is 7.94. The van der Waals surface area contributed by atoms with Gasteiger partial charge >= 0.3 is 6.09 Å². The van der Waals surface area contributed by atoms with E-state index < -0.39 is 11.7 Å². The SMILES string of the molecule is Cc1cccc(C(=O)N(NC(=O)OC(C)(C)C)[C@@H](C)C2CC2)n1. The van der Waals surface area contributed by atoms with Gasteiger partial charge in [-0.05, 0) is 65.5 Å². The molecule has 0 spiro atoms.